The number of aliphatic carboxylic acids is 2. The molecule has 4 N–H and O–H groups in total. The van der Waals surface area contributed by atoms with Gasteiger partial charge in [-0.25, -0.2) is 9.59 Å². The molecule has 0 aliphatic rings. The first kappa shape index (κ1) is 17.7. The fraction of sp³-hybridized carbons (Fsp3) is 0.636. The molecule has 3 amide bonds. The molecule has 0 aromatic carbocycles. The summed E-state index contributed by atoms with van der Waals surface area (Å²) in [6.45, 7) is 1.64. The van der Waals surface area contributed by atoms with Gasteiger partial charge in [0, 0.05) is 20.0 Å². The number of carbonyl (C=O) groups excluding carboxylic acids is 2. The van der Waals surface area contributed by atoms with Crippen molar-refractivity contribution in [2.45, 2.75) is 25.8 Å². The maximum absolute atomic E-state index is 11.8. The summed E-state index contributed by atoms with van der Waals surface area (Å²) < 4.78 is 0. The van der Waals surface area contributed by atoms with Crippen LogP contribution in [0.2, 0.25) is 0 Å². The maximum atomic E-state index is 11.8. The van der Waals surface area contributed by atoms with Crippen molar-refractivity contribution < 1.29 is 29.4 Å². The predicted octanol–water partition coefficient (Wildman–Crippen LogP) is -0.918. The van der Waals surface area contributed by atoms with E-state index in [-0.39, 0.29) is 31.8 Å². The van der Waals surface area contributed by atoms with E-state index in [0.29, 0.717) is 0 Å². The lowest BCUT2D eigenvalue weighted by Gasteiger charge is -2.23. The third-order valence-electron chi connectivity index (χ3n) is 2.52. The zero-order chi connectivity index (χ0) is 15.7. The van der Waals surface area contributed by atoms with Gasteiger partial charge in [0.05, 0.1) is 0 Å². The highest BCUT2D eigenvalue weighted by Gasteiger charge is 2.24. The topological polar surface area (TPSA) is 136 Å². The Balaban J connectivity index is 4.59. The average Bonchev–Trinajstić information content (AvgIpc) is 2.39. The van der Waals surface area contributed by atoms with Gasteiger partial charge in [0.2, 0.25) is 5.91 Å². The number of rotatable bonds is 8. The largest absolute Gasteiger partial charge is 0.481 e. The smallest absolute Gasteiger partial charge is 0.326 e. The molecule has 0 spiro atoms. The molecule has 1 unspecified atom stereocenters. The Kier molecular flexibility index (Phi) is 7.71. The second-order valence-electron chi connectivity index (χ2n) is 3.96. The fourth-order valence-corrected chi connectivity index (χ4v) is 1.35. The molecular weight excluding hydrogens is 270 g/mol. The van der Waals surface area contributed by atoms with E-state index >= 15 is 0 Å². The molecule has 1 atom stereocenters. The molecule has 0 aromatic heterocycles. The molecule has 9 heteroatoms. The number of carbonyl (C=O) groups is 4. The van der Waals surface area contributed by atoms with E-state index in [2.05, 4.69) is 10.6 Å². The summed E-state index contributed by atoms with van der Waals surface area (Å²) >= 11 is 0. The molecule has 0 bridgehead atoms. The zero-order valence-corrected chi connectivity index (χ0v) is 11.4. The Hall–Kier alpha value is -2.32. The second-order valence-corrected chi connectivity index (χ2v) is 3.96. The molecule has 20 heavy (non-hydrogen) atoms. The van der Waals surface area contributed by atoms with Gasteiger partial charge in [-0.1, -0.05) is 0 Å². The van der Waals surface area contributed by atoms with Crippen LogP contribution in [-0.4, -0.2) is 65.2 Å². The minimum Gasteiger partial charge on any atom is -0.481 e. The number of carboxylic acid groups (broad SMARTS) is 2. The lowest BCUT2D eigenvalue weighted by molar-refractivity contribution is -0.140. The molecule has 0 saturated heterocycles. The highest BCUT2D eigenvalue weighted by molar-refractivity contribution is 5.86. The summed E-state index contributed by atoms with van der Waals surface area (Å²) in [5.74, 6) is -2.86. The lowest BCUT2D eigenvalue weighted by atomic mass is 10.1. The minimum absolute atomic E-state index is 0.204. The van der Waals surface area contributed by atoms with Crippen LogP contribution in [0, 0.1) is 0 Å². The van der Waals surface area contributed by atoms with Gasteiger partial charge >= 0.3 is 18.0 Å². The number of likely N-dealkylation sites (N-methyl/N-ethyl adjacent to an activating group) is 2. The summed E-state index contributed by atoms with van der Waals surface area (Å²) in [6, 6.07) is -2.04. The number of hydrogen-bond donors (Lipinski definition) is 4. The van der Waals surface area contributed by atoms with Crippen molar-refractivity contribution >= 4 is 23.9 Å². The van der Waals surface area contributed by atoms with Crippen LogP contribution in [0.4, 0.5) is 4.79 Å². The van der Waals surface area contributed by atoms with Crippen LogP contribution in [-0.2, 0) is 14.4 Å². The molecule has 114 valence electrons. The van der Waals surface area contributed by atoms with E-state index in [0.717, 1.165) is 4.90 Å². The van der Waals surface area contributed by atoms with Crippen molar-refractivity contribution in [2.75, 3.05) is 20.1 Å². The molecular formula is C11H19N3O6. The van der Waals surface area contributed by atoms with Crippen molar-refractivity contribution in [3.8, 4) is 0 Å². The molecule has 0 radical (unpaired) electrons. The third-order valence-corrected chi connectivity index (χ3v) is 2.52. The minimum atomic E-state index is -1.32. The van der Waals surface area contributed by atoms with Gasteiger partial charge in [-0.2, -0.15) is 0 Å². The van der Waals surface area contributed by atoms with E-state index in [9.17, 15) is 19.2 Å². The van der Waals surface area contributed by atoms with E-state index in [1.807, 2.05) is 0 Å². The van der Waals surface area contributed by atoms with Gasteiger partial charge in [0.15, 0.2) is 0 Å². The Labute approximate surface area is 115 Å². The molecule has 0 saturated carbocycles. The molecule has 0 heterocycles. The number of nitrogens with zero attached hydrogens (tertiary/aromatic N) is 1. The standard InChI is InChI=1S/C11H19N3O6/c1-3-14(6-8(15)12-2)11(20)13-7(10(18)19)4-5-9(16)17/h7H,3-6H2,1-2H3,(H,12,15)(H,13,20)(H,16,17)(H,18,19). The summed E-state index contributed by atoms with van der Waals surface area (Å²) in [4.78, 5) is 45.5. The van der Waals surface area contributed by atoms with Crippen molar-refractivity contribution in [1.82, 2.24) is 15.5 Å². The Morgan fingerprint density at radius 2 is 1.80 bits per heavy atom. The quantitative estimate of drug-likeness (QED) is 0.456. The van der Waals surface area contributed by atoms with Crippen molar-refractivity contribution in [2.24, 2.45) is 0 Å². The van der Waals surface area contributed by atoms with E-state index in [4.69, 9.17) is 10.2 Å². The van der Waals surface area contributed by atoms with E-state index < -0.39 is 24.0 Å². The molecule has 0 aliphatic heterocycles. The molecule has 0 rings (SSSR count). The van der Waals surface area contributed by atoms with Gasteiger partial charge in [-0.15, -0.1) is 0 Å². The van der Waals surface area contributed by atoms with Crippen LogP contribution in [0.15, 0.2) is 0 Å². The first-order valence-electron chi connectivity index (χ1n) is 6.02. The molecule has 0 aromatic rings. The molecule has 9 nitrogen and oxygen atoms in total. The molecule has 0 aliphatic carbocycles. The highest BCUT2D eigenvalue weighted by atomic mass is 16.4. The van der Waals surface area contributed by atoms with Gasteiger partial charge in [-0.05, 0) is 13.3 Å². The van der Waals surface area contributed by atoms with E-state index in [1.165, 1.54) is 7.05 Å². The summed E-state index contributed by atoms with van der Waals surface area (Å²) in [6.07, 6.45) is -0.604. The highest BCUT2D eigenvalue weighted by Crippen LogP contribution is 2.00. The van der Waals surface area contributed by atoms with Gasteiger partial charge in [0.25, 0.3) is 0 Å². The normalized spacial score (nSPS) is 11.3. The zero-order valence-electron chi connectivity index (χ0n) is 11.4. The van der Waals surface area contributed by atoms with E-state index in [1.54, 1.807) is 6.92 Å². The van der Waals surface area contributed by atoms with Crippen LogP contribution in [0.1, 0.15) is 19.8 Å². The molecule has 0 fully saturated rings. The van der Waals surface area contributed by atoms with Crippen molar-refractivity contribution in [3.05, 3.63) is 0 Å². The number of hydrogen-bond acceptors (Lipinski definition) is 4. The Bertz CT molecular complexity index is 384. The Morgan fingerprint density at radius 1 is 1.20 bits per heavy atom. The predicted molar refractivity (Wildman–Crippen MR) is 68.1 cm³/mol. The van der Waals surface area contributed by atoms with Gasteiger partial charge < -0.3 is 25.7 Å². The van der Waals surface area contributed by atoms with Crippen LogP contribution in [0.3, 0.4) is 0 Å². The second kappa shape index (κ2) is 8.73. The lowest BCUT2D eigenvalue weighted by Crippen LogP contribution is -2.50. The Morgan fingerprint density at radius 3 is 2.20 bits per heavy atom. The maximum Gasteiger partial charge on any atom is 0.326 e. The van der Waals surface area contributed by atoms with Crippen LogP contribution >= 0.6 is 0 Å². The summed E-state index contributed by atoms with van der Waals surface area (Å²) in [5, 5.41) is 22.0. The van der Waals surface area contributed by atoms with Crippen molar-refractivity contribution in [3.63, 3.8) is 0 Å². The first-order valence-corrected chi connectivity index (χ1v) is 6.02. The third kappa shape index (κ3) is 6.57. The fourth-order valence-electron chi connectivity index (χ4n) is 1.35. The van der Waals surface area contributed by atoms with Gasteiger partial charge in [-0.3, -0.25) is 9.59 Å². The monoisotopic (exact) mass is 289 g/mol. The van der Waals surface area contributed by atoms with Crippen molar-refractivity contribution in [1.29, 1.82) is 0 Å². The summed E-state index contributed by atoms with van der Waals surface area (Å²) in [5.41, 5.74) is 0. The van der Waals surface area contributed by atoms with Gasteiger partial charge in [0.1, 0.15) is 12.6 Å². The number of urea groups is 1. The summed E-state index contributed by atoms with van der Waals surface area (Å²) in [7, 11) is 1.42. The van der Waals surface area contributed by atoms with Crippen LogP contribution in [0.5, 0.6) is 0 Å². The number of carboxylic acids is 2. The van der Waals surface area contributed by atoms with Crippen LogP contribution in [0.25, 0.3) is 0 Å². The first-order chi connectivity index (χ1) is 9.31. The average molecular weight is 289 g/mol. The SMILES string of the molecule is CCN(CC(=O)NC)C(=O)NC(CCC(=O)O)C(=O)O. The number of nitrogens with one attached hydrogen (secondary N) is 2. The number of amides is 3. The van der Waals surface area contributed by atoms with Crippen LogP contribution < -0.4 is 10.6 Å².